The Labute approximate surface area is 147 Å². The third kappa shape index (κ3) is 3.53. The van der Waals surface area contributed by atoms with Crippen LogP contribution in [0, 0.1) is 0 Å². The minimum atomic E-state index is -0.135. The Hall–Kier alpha value is -2.08. The minimum Gasteiger partial charge on any atom is -0.490 e. The largest absolute Gasteiger partial charge is 0.490 e. The van der Waals surface area contributed by atoms with Crippen LogP contribution in [-0.4, -0.2) is 35.7 Å². The first-order valence-electron chi connectivity index (χ1n) is 8.32. The Morgan fingerprint density at radius 2 is 2.08 bits per heavy atom. The standard InChI is InChI=1S/C18H22N2O3S/c1-3-22-16-11-12(10-14-17(21)20(2)18(24)19-14)8-9-15(16)23-13-6-4-5-7-13/h8-11,13H,3-7H2,1-2H3,(H,19,24)/b14-10+. The van der Waals surface area contributed by atoms with E-state index in [9.17, 15) is 4.79 Å². The molecule has 1 aromatic carbocycles. The van der Waals surface area contributed by atoms with E-state index in [0.29, 0.717) is 23.2 Å². The molecule has 2 aliphatic rings. The van der Waals surface area contributed by atoms with Crippen LogP contribution in [0.25, 0.3) is 6.08 Å². The zero-order valence-electron chi connectivity index (χ0n) is 14.0. The van der Waals surface area contributed by atoms with Gasteiger partial charge in [0.15, 0.2) is 16.6 Å². The van der Waals surface area contributed by atoms with Crippen molar-refractivity contribution in [1.29, 1.82) is 0 Å². The molecule has 6 heteroatoms. The van der Waals surface area contributed by atoms with Gasteiger partial charge in [0, 0.05) is 7.05 Å². The van der Waals surface area contributed by atoms with Crippen molar-refractivity contribution in [3.8, 4) is 11.5 Å². The lowest BCUT2D eigenvalue weighted by Gasteiger charge is -2.17. The molecule has 0 radical (unpaired) electrons. The van der Waals surface area contributed by atoms with E-state index in [1.807, 2.05) is 25.1 Å². The highest BCUT2D eigenvalue weighted by Crippen LogP contribution is 2.33. The van der Waals surface area contributed by atoms with E-state index in [-0.39, 0.29) is 12.0 Å². The van der Waals surface area contributed by atoms with E-state index in [1.165, 1.54) is 17.7 Å². The highest BCUT2D eigenvalue weighted by Gasteiger charge is 2.27. The number of nitrogens with one attached hydrogen (secondary N) is 1. The summed E-state index contributed by atoms with van der Waals surface area (Å²) in [6.45, 7) is 2.50. The first-order valence-corrected chi connectivity index (χ1v) is 8.73. The summed E-state index contributed by atoms with van der Waals surface area (Å²) in [6, 6.07) is 5.74. The first kappa shape index (κ1) is 16.8. The fourth-order valence-corrected chi connectivity index (χ4v) is 3.15. The fraction of sp³-hybridized carbons (Fsp3) is 0.444. The second-order valence-corrected chi connectivity index (χ2v) is 6.40. The second-order valence-electron chi connectivity index (χ2n) is 6.02. The topological polar surface area (TPSA) is 50.8 Å². The number of carbonyl (C=O) groups excluding carboxylic acids is 1. The summed E-state index contributed by atoms with van der Waals surface area (Å²) in [4.78, 5) is 13.5. The fourth-order valence-electron chi connectivity index (χ4n) is 2.96. The number of thiocarbonyl (C=S) groups is 1. The van der Waals surface area contributed by atoms with E-state index < -0.39 is 0 Å². The Kier molecular flexibility index (Phi) is 5.04. The summed E-state index contributed by atoms with van der Waals surface area (Å²) < 4.78 is 11.8. The number of likely N-dealkylation sites (N-methyl/N-ethyl adjacent to an activating group) is 1. The zero-order valence-corrected chi connectivity index (χ0v) is 14.8. The van der Waals surface area contributed by atoms with Crippen molar-refractivity contribution in [3.63, 3.8) is 0 Å². The Morgan fingerprint density at radius 3 is 2.71 bits per heavy atom. The van der Waals surface area contributed by atoms with Gasteiger partial charge >= 0.3 is 0 Å². The third-order valence-electron chi connectivity index (χ3n) is 4.26. The third-order valence-corrected chi connectivity index (χ3v) is 4.63. The maximum atomic E-state index is 12.1. The smallest absolute Gasteiger partial charge is 0.276 e. The van der Waals surface area contributed by atoms with Crippen molar-refractivity contribution in [1.82, 2.24) is 10.2 Å². The molecule has 1 aromatic rings. The van der Waals surface area contributed by atoms with Gasteiger partial charge in [-0.15, -0.1) is 0 Å². The van der Waals surface area contributed by atoms with Crippen LogP contribution in [-0.2, 0) is 4.79 Å². The van der Waals surface area contributed by atoms with Gasteiger partial charge in [-0.05, 0) is 68.6 Å². The van der Waals surface area contributed by atoms with Crippen LogP contribution >= 0.6 is 12.2 Å². The molecule has 128 valence electrons. The summed E-state index contributed by atoms with van der Waals surface area (Å²) in [7, 11) is 1.66. The Bertz CT molecular complexity index is 681. The van der Waals surface area contributed by atoms with Gasteiger partial charge < -0.3 is 14.8 Å². The van der Waals surface area contributed by atoms with Crippen LogP contribution in [0.15, 0.2) is 23.9 Å². The lowest BCUT2D eigenvalue weighted by atomic mass is 10.1. The van der Waals surface area contributed by atoms with Crippen molar-refractivity contribution < 1.29 is 14.3 Å². The molecule has 0 atom stereocenters. The molecule has 0 aromatic heterocycles. The summed E-state index contributed by atoms with van der Waals surface area (Å²) in [5.41, 5.74) is 1.33. The van der Waals surface area contributed by atoms with Gasteiger partial charge in [0.25, 0.3) is 5.91 Å². The molecule has 1 amide bonds. The van der Waals surface area contributed by atoms with Crippen LogP contribution in [0.4, 0.5) is 0 Å². The Balaban J connectivity index is 1.83. The molecule has 0 unspecified atom stereocenters. The monoisotopic (exact) mass is 346 g/mol. The molecule has 1 aliphatic heterocycles. The van der Waals surface area contributed by atoms with Gasteiger partial charge in [0.1, 0.15) is 5.70 Å². The van der Waals surface area contributed by atoms with Gasteiger partial charge in [-0.25, -0.2) is 0 Å². The number of hydrogen-bond donors (Lipinski definition) is 1. The van der Waals surface area contributed by atoms with Crippen molar-refractivity contribution in [2.24, 2.45) is 0 Å². The maximum absolute atomic E-state index is 12.1. The number of carbonyl (C=O) groups is 1. The highest BCUT2D eigenvalue weighted by atomic mass is 32.1. The van der Waals surface area contributed by atoms with Gasteiger partial charge in [0.2, 0.25) is 0 Å². The first-order chi connectivity index (χ1) is 11.6. The van der Waals surface area contributed by atoms with Gasteiger partial charge in [-0.2, -0.15) is 0 Å². The van der Waals surface area contributed by atoms with E-state index >= 15 is 0 Å². The second kappa shape index (κ2) is 7.21. The predicted molar refractivity (Wildman–Crippen MR) is 97.0 cm³/mol. The van der Waals surface area contributed by atoms with Gasteiger partial charge in [0.05, 0.1) is 12.7 Å². The average Bonchev–Trinajstić information content (AvgIpc) is 3.15. The average molecular weight is 346 g/mol. The molecular formula is C18H22N2O3S. The van der Waals surface area contributed by atoms with E-state index in [0.717, 1.165) is 24.2 Å². The molecule has 3 rings (SSSR count). The summed E-state index contributed by atoms with van der Waals surface area (Å²) in [6.07, 6.45) is 6.69. The molecule has 1 saturated heterocycles. The molecule has 1 aliphatic carbocycles. The van der Waals surface area contributed by atoms with E-state index in [4.69, 9.17) is 21.7 Å². The SMILES string of the molecule is CCOc1cc(/C=C2/NC(=S)N(C)C2=O)ccc1OC1CCCC1. The summed E-state index contributed by atoms with van der Waals surface area (Å²) in [5, 5.41) is 3.34. The Morgan fingerprint density at radius 1 is 1.33 bits per heavy atom. The molecule has 0 bridgehead atoms. The summed E-state index contributed by atoms with van der Waals surface area (Å²) in [5.74, 6) is 1.34. The molecule has 5 nitrogen and oxygen atoms in total. The van der Waals surface area contributed by atoms with E-state index in [1.54, 1.807) is 13.1 Å². The predicted octanol–water partition coefficient (Wildman–Crippen LogP) is 3.09. The maximum Gasteiger partial charge on any atom is 0.276 e. The molecule has 1 N–H and O–H groups in total. The number of amides is 1. The highest BCUT2D eigenvalue weighted by molar-refractivity contribution is 7.80. The number of ether oxygens (including phenoxy) is 2. The molecule has 1 heterocycles. The molecule has 2 fully saturated rings. The zero-order chi connectivity index (χ0) is 17.1. The number of hydrogen-bond acceptors (Lipinski definition) is 4. The van der Waals surface area contributed by atoms with Crippen LogP contribution in [0.2, 0.25) is 0 Å². The van der Waals surface area contributed by atoms with Crippen molar-refractivity contribution in [2.45, 2.75) is 38.7 Å². The van der Waals surface area contributed by atoms with Crippen molar-refractivity contribution in [2.75, 3.05) is 13.7 Å². The van der Waals surface area contributed by atoms with Crippen molar-refractivity contribution >= 4 is 29.3 Å². The van der Waals surface area contributed by atoms with Crippen molar-refractivity contribution in [3.05, 3.63) is 29.5 Å². The minimum absolute atomic E-state index is 0.135. The van der Waals surface area contributed by atoms with Gasteiger partial charge in [-0.1, -0.05) is 6.07 Å². The van der Waals surface area contributed by atoms with E-state index in [2.05, 4.69) is 5.32 Å². The number of rotatable bonds is 5. The molecule has 24 heavy (non-hydrogen) atoms. The molecule has 0 spiro atoms. The van der Waals surface area contributed by atoms with Crippen LogP contribution < -0.4 is 14.8 Å². The molecular weight excluding hydrogens is 324 g/mol. The van der Waals surface area contributed by atoms with Crippen LogP contribution in [0.5, 0.6) is 11.5 Å². The quantitative estimate of drug-likeness (QED) is 0.656. The number of nitrogens with zero attached hydrogens (tertiary/aromatic N) is 1. The molecule has 1 saturated carbocycles. The van der Waals surface area contributed by atoms with Crippen LogP contribution in [0.1, 0.15) is 38.2 Å². The normalized spacial score (nSPS) is 19.9. The van der Waals surface area contributed by atoms with Gasteiger partial charge in [-0.3, -0.25) is 9.69 Å². The lowest BCUT2D eigenvalue weighted by Crippen LogP contribution is -2.25. The van der Waals surface area contributed by atoms with Crippen LogP contribution in [0.3, 0.4) is 0 Å². The summed E-state index contributed by atoms with van der Waals surface area (Å²) >= 11 is 5.09. The number of benzene rings is 1. The lowest BCUT2D eigenvalue weighted by molar-refractivity contribution is -0.121.